The van der Waals surface area contributed by atoms with Crippen molar-refractivity contribution in [1.29, 1.82) is 0 Å². The van der Waals surface area contributed by atoms with Crippen molar-refractivity contribution in [2.45, 2.75) is 38.3 Å². The molecule has 2 atom stereocenters. The summed E-state index contributed by atoms with van der Waals surface area (Å²) in [4.78, 5) is 17.6. The summed E-state index contributed by atoms with van der Waals surface area (Å²) >= 11 is 0. The number of aromatic nitrogens is 1. The van der Waals surface area contributed by atoms with Crippen LogP contribution in [0.4, 0.5) is 5.82 Å². The molecule has 1 saturated heterocycles. The molecule has 2 aliphatic rings. The Hall–Kier alpha value is -1.62. The van der Waals surface area contributed by atoms with Crippen molar-refractivity contribution < 1.29 is 14.6 Å². The second-order valence-corrected chi connectivity index (χ2v) is 5.27. The number of anilines is 1. The van der Waals surface area contributed by atoms with E-state index in [0.717, 1.165) is 37.4 Å². The van der Waals surface area contributed by atoms with Crippen LogP contribution in [0.5, 0.6) is 0 Å². The van der Waals surface area contributed by atoms with Gasteiger partial charge in [0, 0.05) is 12.7 Å². The third kappa shape index (κ3) is 2.18. The number of morpholine rings is 1. The largest absolute Gasteiger partial charge is 0.478 e. The topological polar surface area (TPSA) is 62.7 Å². The van der Waals surface area contributed by atoms with E-state index in [0.29, 0.717) is 12.1 Å². The predicted octanol–water partition coefficient (Wildman–Crippen LogP) is 1.85. The normalized spacial score (nSPS) is 26.3. The molecule has 102 valence electrons. The van der Waals surface area contributed by atoms with Crippen LogP contribution in [0.15, 0.2) is 12.3 Å². The van der Waals surface area contributed by atoms with Gasteiger partial charge in [-0.15, -0.1) is 0 Å². The second-order valence-electron chi connectivity index (χ2n) is 5.27. The van der Waals surface area contributed by atoms with E-state index in [1.807, 2.05) is 6.92 Å². The number of rotatable bonds is 2. The average Bonchev–Trinajstić information content (AvgIpc) is 2.86. The number of nitrogens with zero attached hydrogens (tertiary/aromatic N) is 2. The highest BCUT2D eigenvalue weighted by Crippen LogP contribution is 2.33. The van der Waals surface area contributed by atoms with Crippen LogP contribution >= 0.6 is 0 Å². The van der Waals surface area contributed by atoms with E-state index in [-0.39, 0.29) is 5.56 Å². The van der Waals surface area contributed by atoms with Crippen LogP contribution in [-0.2, 0) is 4.74 Å². The summed E-state index contributed by atoms with van der Waals surface area (Å²) in [5.74, 6) is -0.0203. The highest BCUT2D eigenvalue weighted by atomic mass is 16.5. The molecule has 0 amide bonds. The van der Waals surface area contributed by atoms with Crippen LogP contribution in [0.3, 0.4) is 0 Å². The lowest BCUT2D eigenvalue weighted by molar-refractivity contribution is 0.0252. The van der Waals surface area contributed by atoms with Gasteiger partial charge in [-0.3, -0.25) is 0 Å². The van der Waals surface area contributed by atoms with Gasteiger partial charge >= 0.3 is 5.97 Å². The molecule has 1 aliphatic heterocycles. The van der Waals surface area contributed by atoms with Gasteiger partial charge in [-0.1, -0.05) is 0 Å². The Morgan fingerprint density at radius 3 is 3.11 bits per heavy atom. The van der Waals surface area contributed by atoms with E-state index in [1.165, 1.54) is 12.6 Å². The maximum absolute atomic E-state index is 10.9. The first-order valence-corrected chi connectivity index (χ1v) is 6.75. The molecule has 1 aromatic rings. The van der Waals surface area contributed by atoms with Crippen LogP contribution in [-0.4, -0.2) is 41.4 Å². The first-order valence-electron chi connectivity index (χ1n) is 6.75. The van der Waals surface area contributed by atoms with Gasteiger partial charge in [-0.05, 0) is 37.8 Å². The van der Waals surface area contributed by atoms with E-state index in [1.54, 1.807) is 6.07 Å². The zero-order valence-corrected chi connectivity index (χ0v) is 11.0. The van der Waals surface area contributed by atoms with Crippen molar-refractivity contribution in [1.82, 2.24) is 4.98 Å². The average molecular weight is 262 g/mol. The number of hydrogen-bond acceptors (Lipinski definition) is 4. The van der Waals surface area contributed by atoms with Gasteiger partial charge in [0.1, 0.15) is 5.82 Å². The Kier molecular flexibility index (Phi) is 3.14. The van der Waals surface area contributed by atoms with Crippen molar-refractivity contribution in [3.63, 3.8) is 0 Å². The fourth-order valence-electron chi connectivity index (χ4n) is 3.17. The van der Waals surface area contributed by atoms with E-state index in [9.17, 15) is 4.79 Å². The fraction of sp³-hybridized carbons (Fsp3) is 0.571. The van der Waals surface area contributed by atoms with Crippen LogP contribution < -0.4 is 4.90 Å². The van der Waals surface area contributed by atoms with Crippen molar-refractivity contribution in [3.05, 3.63) is 23.4 Å². The lowest BCUT2D eigenvalue weighted by atomic mass is 10.1. The summed E-state index contributed by atoms with van der Waals surface area (Å²) in [6.45, 7) is 3.48. The summed E-state index contributed by atoms with van der Waals surface area (Å²) in [6.07, 6.45) is 5.20. The number of carboxylic acid groups (broad SMARTS) is 1. The molecule has 5 nitrogen and oxygen atoms in total. The number of ether oxygens (including phenoxy) is 1. The molecule has 0 aromatic carbocycles. The van der Waals surface area contributed by atoms with Crippen molar-refractivity contribution in [2.75, 3.05) is 18.1 Å². The molecule has 1 N–H and O–H groups in total. The standard InChI is InChI=1S/C14H18N2O3/c1-9-7-10(14(17)18)8-15-13(9)16-5-6-19-12-4-2-3-11(12)16/h7-8,11-12H,2-6H2,1H3,(H,17,18). The zero-order valence-electron chi connectivity index (χ0n) is 11.0. The van der Waals surface area contributed by atoms with Crippen LogP contribution in [0, 0.1) is 6.92 Å². The van der Waals surface area contributed by atoms with Crippen LogP contribution in [0.2, 0.25) is 0 Å². The van der Waals surface area contributed by atoms with Gasteiger partial charge in [-0.2, -0.15) is 0 Å². The molecule has 3 rings (SSSR count). The van der Waals surface area contributed by atoms with Gasteiger partial charge in [0.25, 0.3) is 0 Å². The van der Waals surface area contributed by atoms with Gasteiger partial charge in [0.2, 0.25) is 0 Å². The summed E-state index contributed by atoms with van der Waals surface area (Å²) in [5.41, 5.74) is 1.17. The molecule has 0 radical (unpaired) electrons. The summed E-state index contributed by atoms with van der Waals surface area (Å²) in [7, 11) is 0. The molecule has 2 fully saturated rings. The molecule has 1 saturated carbocycles. The predicted molar refractivity (Wildman–Crippen MR) is 70.7 cm³/mol. The van der Waals surface area contributed by atoms with E-state index in [2.05, 4.69) is 9.88 Å². The molecular formula is C14H18N2O3. The van der Waals surface area contributed by atoms with Crippen molar-refractivity contribution in [3.8, 4) is 0 Å². The number of aryl methyl sites for hydroxylation is 1. The van der Waals surface area contributed by atoms with Gasteiger partial charge < -0.3 is 14.7 Å². The Morgan fingerprint density at radius 1 is 1.53 bits per heavy atom. The third-order valence-corrected chi connectivity index (χ3v) is 4.05. The van der Waals surface area contributed by atoms with Gasteiger partial charge in [0.15, 0.2) is 0 Å². The number of carbonyl (C=O) groups is 1. The first kappa shape index (κ1) is 12.4. The Morgan fingerprint density at radius 2 is 2.37 bits per heavy atom. The minimum Gasteiger partial charge on any atom is -0.478 e. The summed E-state index contributed by atoms with van der Waals surface area (Å²) in [5, 5.41) is 8.99. The molecule has 1 aromatic heterocycles. The minimum atomic E-state index is -0.928. The van der Waals surface area contributed by atoms with E-state index >= 15 is 0 Å². The van der Waals surface area contributed by atoms with Crippen molar-refractivity contribution >= 4 is 11.8 Å². The minimum absolute atomic E-state index is 0.248. The molecule has 2 unspecified atom stereocenters. The van der Waals surface area contributed by atoms with Gasteiger partial charge in [0.05, 0.1) is 24.3 Å². The smallest absolute Gasteiger partial charge is 0.337 e. The molecular weight excluding hydrogens is 244 g/mol. The highest BCUT2D eigenvalue weighted by Gasteiger charge is 2.37. The first-order chi connectivity index (χ1) is 9.16. The Bertz CT molecular complexity index is 503. The van der Waals surface area contributed by atoms with Crippen LogP contribution in [0.1, 0.15) is 35.2 Å². The highest BCUT2D eigenvalue weighted by molar-refractivity contribution is 5.87. The number of fused-ring (bicyclic) bond motifs is 1. The van der Waals surface area contributed by atoms with Crippen LogP contribution in [0.25, 0.3) is 0 Å². The number of aromatic carboxylic acids is 1. The third-order valence-electron chi connectivity index (χ3n) is 4.05. The zero-order chi connectivity index (χ0) is 13.4. The SMILES string of the molecule is Cc1cc(C(=O)O)cnc1N1CCOC2CCCC21. The molecule has 1 aliphatic carbocycles. The Balaban J connectivity index is 1.90. The maximum Gasteiger partial charge on any atom is 0.337 e. The lowest BCUT2D eigenvalue weighted by Gasteiger charge is -2.39. The molecule has 2 heterocycles. The van der Waals surface area contributed by atoms with Gasteiger partial charge in [-0.25, -0.2) is 9.78 Å². The Labute approximate surface area is 112 Å². The maximum atomic E-state index is 10.9. The molecule has 0 bridgehead atoms. The number of pyridine rings is 1. The quantitative estimate of drug-likeness (QED) is 0.881. The lowest BCUT2D eigenvalue weighted by Crippen LogP contribution is -2.49. The van der Waals surface area contributed by atoms with Crippen molar-refractivity contribution in [2.24, 2.45) is 0 Å². The fourth-order valence-corrected chi connectivity index (χ4v) is 3.17. The summed E-state index contributed by atoms with van der Waals surface area (Å²) < 4.78 is 5.79. The second kappa shape index (κ2) is 4.81. The monoisotopic (exact) mass is 262 g/mol. The van der Waals surface area contributed by atoms with E-state index in [4.69, 9.17) is 9.84 Å². The molecule has 5 heteroatoms. The number of carboxylic acids is 1. The number of hydrogen-bond donors (Lipinski definition) is 1. The molecule has 19 heavy (non-hydrogen) atoms. The van der Waals surface area contributed by atoms with E-state index < -0.39 is 5.97 Å². The molecule has 0 spiro atoms. The summed E-state index contributed by atoms with van der Waals surface area (Å²) in [6, 6.07) is 2.10.